The van der Waals surface area contributed by atoms with Crippen molar-refractivity contribution in [3.8, 4) is 5.69 Å². The first kappa shape index (κ1) is 11.8. The average Bonchev–Trinajstić information content (AvgIpc) is 2.85. The van der Waals surface area contributed by atoms with Crippen LogP contribution in [0.4, 0.5) is 4.39 Å². The van der Waals surface area contributed by atoms with Crippen molar-refractivity contribution in [3.05, 3.63) is 53.8 Å². The maximum atomic E-state index is 13.9. The minimum absolute atomic E-state index is 0.262. The summed E-state index contributed by atoms with van der Waals surface area (Å²) >= 11 is 0. The maximum Gasteiger partial charge on any atom is 0.128 e. The first-order chi connectivity index (χ1) is 9.31. The van der Waals surface area contributed by atoms with E-state index in [9.17, 15) is 4.39 Å². The van der Waals surface area contributed by atoms with E-state index in [0.717, 1.165) is 11.0 Å². The van der Waals surface area contributed by atoms with Crippen LogP contribution < -0.4 is 5.73 Å². The Hall–Kier alpha value is -2.27. The highest BCUT2D eigenvalue weighted by atomic mass is 19.1. The van der Waals surface area contributed by atoms with Gasteiger partial charge < -0.3 is 5.73 Å². The second kappa shape index (κ2) is 4.78. The number of hydrogen-bond donors (Lipinski definition) is 1. The number of nitrogens with zero attached hydrogens (tertiary/aromatic N) is 3. The summed E-state index contributed by atoms with van der Waals surface area (Å²) in [5.41, 5.74) is 8.45. The van der Waals surface area contributed by atoms with Crippen LogP contribution in [0.5, 0.6) is 0 Å². The molecule has 0 saturated heterocycles. The third-order valence-corrected chi connectivity index (χ3v) is 3.07. The fourth-order valence-corrected chi connectivity index (χ4v) is 2.18. The van der Waals surface area contributed by atoms with Gasteiger partial charge in [-0.05, 0) is 37.2 Å². The van der Waals surface area contributed by atoms with Gasteiger partial charge in [0, 0.05) is 5.56 Å². The number of benzene rings is 2. The van der Waals surface area contributed by atoms with Crippen molar-refractivity contribution in [3.63, 3.8) is 0 Å². The second-order valence-electron chi connectivity index (χ2n) is 4.27. The van der Waals surface area contributed by atoms with E-state index < -0.39 is 0 Å². The molecule has 0 amide bonds. The fourth-order valence-electron chi connectivity index (χ4n) is 2.18. The molecule has 3 aromatic rings. The van der Waals surface area contributed by atoms with Gasteiger partial charge >= 0.3 is 0 Å². The third kappa shape index (κ3) is 1.98. The van der Waals surface area contributed by atoms with Gasteiger partial charge in [-0.1, -0.05) is 23.4 Å². The van der Waals surface area contributed by atoms with Crippen LogP contribution in [0.15, 0.2) is 42.5 Å². The van der Waals surface area contributed by atoms with Crippen LogP contribution in [-0.4, -0.2) is 21.5 Å². The molecule has 96 valence electrons. The summed E-state index contributed by atoms with van der Waals surface area (Å²) in [6, 6.07) is 12.5. The van der Waals surface area contributed by atoms with Crippen LogP contribution in [-0.2, 0) is 6.42 Å². The second-order valence-corrected chi connectivity index (χ2v) is 4.27. The third-order valence-electron chi connectivity index (χ3n) is 3.07. The standard InChI is InChI=1S/C14H13FN4/c15-11-4-3-7-13(10(11)8-9-16)19-14-6-2-1-5-12(14)17-18-19/h1-7H,8-9,16H2. The molecule has 0 aliphatic carbocycles. The molecule has 0 bridgehead atoms. The summed E-state index contributed by atoms with van der Waals surface area (Å²) in [6.45, 7) is 0.389. The minimum atomic E-state index is -0.262. The van der Waals surface area contributed by atoms with Crippen molar-refractivity contribution >= 4 is 11.0 Å². The van der Waals surface area contributed by atoms with Crippen molar-refractivity contribution in [2.45, 2.75) is 6.42 Å². The number of hydrogen-bond acceptors (Lipinski definition) is 3. The van der Waals surface area contributed by atoms with E-state index in [2.05, 4.69) is 10.3 Å². The zero-order valence-electron chi connectivity index (χ0n) is 10.3. The quantitative estimate of drug-likeness (QED) is 0.780. The smallest absolute Gasteiger partial charge is 0.128 e. The zero-order valence-corrected chi connectivity index (χ0v) is 10.3. The average molecular weight is 256 g/mol. The lowest BCUT2D eigenvalue weighted by Gasteiger charge is -2.10. The first-order valence-corrected chi connectivity index (χ1v) is 6.09. The zero-order chi connectivity index (χ0) is 13.2. The topological polar surface area (TPSA) is 56.7 Å². The highest BCUT2D eigenvalue weighted by Crippen LogP contribution is 2.21. The molecule has 0 unspecified atom stereocenters. The van der Waals surface area contributed by atoms with Crippen molar-refractivity contribution in [1.82, 2.24) is 15.0 Å². The monoisotopic (exact) mass is 256 g/mol. The molecule has 0 radical (unpaired) electrons. The van der Waals surface area contributed by atoms with Crippen LogP contribution in [0.1, 0.15) is 5.56 Å². The van der Waals surface area contributed by atoms with Crippen LogP contribution in [0.2, 0.25) is 0 Å². The van der Waals surface area contributed by atoms with Gasteiger partial charge in [0.05, 0.1) is 11.2 Å². The Labute approximate surface area is 109 Å². The van der Waals surface area contributed by atoms with Gasteiger partial charge in [-0.2, -0.15) is 0 Å². The number of fused-ring (bicyclic) bond motifs is 1. The molecular formula is C14H13FN4. The van der Waals surface area contributed by atoms with Gasteiger partial charge in [0.1, 0.15) is 11.3 Å². The van der Waals surface area contributed by atoms with Gasteiger partial charge in [0.15, 0.2) is 0 Å². The van der Waals surface area contributed by atoms with Gasteiger partial charge in [-0.15, -0.1) is 5.10 Å². The van der Waals surface area contributed by atoms with Crippen LogP contribution >= 0.6 is 0 Å². The Morgan fingerprint density at radius 3 is 2.79 bits per heavy atom. The number of aromatic nitrogens is 3. The molecule has 5 heteroatoms. The van der Waals surface area contributed by atoms with E-state index in [1.807, 2.05) is 30.3 Å². The molecule has 3 rings (SSSR count). The number of nitrogens with two attached hydrogens (primary N) is 1. The lowest BCUT2D eigenvalue weighted by molar-refractivity contribution is 0.605. The molecule has 19 heavy (non-hydrogen) atoms. The van der Waals surface area contributed by atoms with E-state index in [4.69, 9.17) is 5.73 Å². The van der Waals surface area contributed by atoms with Gasteiger partial charge in [-0.3, -0.25) is 0 Å². The predicted molar refractivity (Wildman–Crippen MR) is 71.6 cm³/mol. The number of rotatable bonds is 3. The van der Waals surface area contributed by atoms with Crippen molar-refractivity contribution in [2.75, 3.05) is 6.54 Å². The Kier molecular flexibility index (Phi) is 2.97. The summed E-state index contributed by atoms with van der Waals surface area (Å²) in [5, 5.41) is 8.19. The van der Waals surface area contributed by atoms with Crippen molar-refractivity contribution in [2.24, 2.45) is 5.73 Å². The van der Waals surface area contributed by atoms with Crippen molar-refractivity contribution < 1.29 is 4.39 Å². The summed E-state index contributed by atoms with van der Waals surface area (Å²) in [7, 11) is 0. The van der Waals surface area contributed by atoms with E-state index in [-0.39, 0.29) is 5.82 Å². The molecule has 1 heterocycles. The Balaban J connectivity index is 2.24. The van der Waals surface area contributed by atoms with E-state index in [1.54, 1.807) is 10.7 Å². The maximum absolute atomic E-state index is 13.9. The van der Waals surface area contributed by atoms with Crippen LogP contribution in [0, 0.1) is 5.82 Å². The van der Waals surface area contributed by atoms with E-state index >= 15 is 0 Å². The fraction of sp³-hybridized carbons (Fsp3) is 0.143. The van der Waals surface area contributed by atoms with E-state index in [0.29, 0.717) is 24.2 Å². The molecule has 0 atom stereocenters. The van der Waals surface area contributed by atoms with Crippen molar-refractivity contribution in [1.29, 1.82) is 0 Å². The van der Waals surface area contributed by atoms with E-state index in [1.165, 1.54) is 6.07 Å². The summed E-state index contributed by atoms with van der Waals surface area (Å²) in [6.07, 6.45) is 0.468. The largest absolute Gasteiger partial charge is 0.330 e. The lowest BCUT2D eigenvalue weighted by Crippen LogP contribution is -2.09. The molecule has 0 spiro atoms. The van der Waals surface area contributed by atoms with Crippen LogP contribution in [0.25, 0.3) is 16.7 Å². The minimum Gasteiger partial charge on any atom is -0.330 e. The molecule has 0 saturated carbocycles. The normalized spacial score (nSPS) is 11.1. The summed E-state index contributed by atoms with van der Waals surface area (Å²) in [4.78, 5) is 0. The number of para-hydroxylation sites is 1. The SMILES string of the molecule is NCCc1c(F)cccc1-n1nnc2ccccc21. The Morgan fingerprint density at radius 2 is 1.95 bits per heavy atom. The predicted octanol–water partition coefficient (Wildman–Crippen LogP) is 2.06. The molecule has 4 nitrogen and oxygen atoms in total. The van der Waals surface area contributed by atoms with Crippen LogP contribution in [0.3, 0.4) is 0 Å². The summed E-state index contributed by atoms with van der Waals surface area (Å²) < 4.78 is 15.6. The molecule has 0 aliphatic heterocycles. The summed E-state index contributed by atoms with van der Waals surface area (Å²) in [5.74, 6) is -0.262. The van der Waals surface area contributed by atoms with Gasteiger partial charge in [-0.25, -0.2) is 9.07 Å². The molecule has 2 N–H and O–H groups in total. The lowest BCUT2D eigenvalue weighted by atomic mass is 10.1. The molecule has 0 aliphatic rings. The Bertz CT molecular complexity index is 720. The highest BCUT2D eigenvalue weighted by Gasteiger charge is 2.12. The van der Waals surface area contributed by atoms with Gasteiger partial charge in [0.25, 0.3) is 0 Å². The first-order valence-electron chi connectivity index (χ1n) is 6.09. The Morgan fingerprint density at radius 1 is 1.11 bits per heavy atom. The molecular weight excluding hydrogens is 243 g/mol. The number of halogens is 1. The van der Waals surface area contributed by atoms with Gasteiger partial charge in [0.2, 0.25) is 0 Å². The molecule has 1 aromatic heterocycles. The molecule has 0 fully saturated rings. The highest BCUT2D eigenvalue weighted by molar-refractivity contribution is 5.76. The molecule has 2 aromatic carbocycles.